The van der Waals surface area contributed by atoms with Gasteiger partial charge < -0.3 is 38.7 Å². The maximum Gasteiger partial charge on any atom is 0.410 e. The van der Waals surface area contributed by atoms with Crippen LogP contribution in [0.25, 0.3) is 0 Å². The number of fused-ring (bicyclic) bond motifs is 2. The number of oxime groups is 1. The molecule has 6 rings (SSSR count). The monoisotopic (exact) mass is 842 g/mol. The predicted octanol–water partition coefficient (Wildman–Crippen LogP) is 9.12. The Kier molecular flexibility index (Phi) is 17.2. The summed E-state index contributed by atoms with van der Waals surface area (Å²) >= 11 is 0. The van der Waals surface area contributed by atoms with E-state index >= 15 is 0 Å². The molecule has 6 atom stereocenters. The first-order valence-electron chi connectivity index (χ1n) is 22.0. The van der Waals surface area contributed by atoms with Gasteiger partial charge in [-0.2, -0.15) is 0 Å². The van der Waals surface area contributed by atoms with Crippen LogP contribution in [-0.2, 0) is 32.3 Å². The minimum Gasteiger partial charge on any atom is -0.489 e. The molecule has 0 bridgehead atoms. The van der Waals surface area contributed by atoms with Crippen LogP contribution in [0.3, 0.4) is 0 Å². The molecule has 1 aliphatic heterocycles. The molecule has 2 N–H and O–H groups in total. The van der Waals surface area contributed by atoms with Crippen LogP contribution in [0, 0.1) is 23.6 Å². The minimum atomic E-state index is -1.41. The molecule has 3 aliphatic rings. The Morgan fingerprint density at radius 2 is 1.75 bits per heavy atom. The van der Waals surface area contributed by atoms with Crippen LogP contribution in [0.2, 0.25) is 0 Å². The summed E-state index contributed by atoms with van der Waals surface area (Å²) in [5.74, 6) is -1.19. The summed E-state index contributed by atoms with van der Waals surface area (Å²) in [6.07, 6.45) is 8.92. The van der Waals surface area contributed by atoms with Gasteiger partial charge in [-0.15, -0.1) is 6.58 Å². The third-order valence-corrected chi connectivity index (χ3v) is 11.9. The largest absolute Gasteiger partial charge is 0.489 e. The zero-order valence-electron chi connectivity index (χ0n) is 35.7. The van der Waals surface area contributed by atoms with Gasteiger partial charge >= 0.3 is 6.09 Å². The Morgan fingerprint density at radius 3 is 2.49 bits per heavy atom. The second-order valence-electron chi connectivity index (χ2n) is 15.9. The van der Waals surface area contributed by atoms with Gasteiger partial charge in [0, 0.05) is 43.2 Å². The Labute approximate surface area is 360 Å². The molecular formula is C49H63FN2O9. The molecule has 1 saturated carbocycles. The lowest BCUT2D eigenvalue weighted by atomic mass is 9.55. The molecule has 3 aromatic rings. The summed E-state index contributed by atoms with van der Waals surface area (Å²) in [7, 11) is 0. The summed E-state index contributed by atoms with van der Waals surface area (Å²) in [5.41, 5.74) is 4.03. The van der Waals surface area contributed by atoms with Gasteiger partial charge in [0.2, 0.25) is 5.79 Å². The second-order valence-corrected chi connectivity index (χ2v) is 15.9. The molecule has 0 radical (unpaired) electrons. The van der Waals surface area contributed by atoms with E-state index < -0.39 is 23.8 Å². The van der Waals surface area contributed by atoms with E-state index in [-0.39, 0.29) is 69.6 Å². The standard InChI is InChI=1S/C49H63FN2O9/c1-4-24-52(48(55)57-29-28-56-33-35-16-8-7-9-17-35)45-32-43(51-60-6-3)40-30-36(18-12-14-25-53)39(20-13-15-26-54)46-41-31-38(58-34-37-19-10-11-21-42(37)50)22-23-44(41)61-49(45,47(40)46)59-27-5-2/h5,7-11,16-17,19,21-23,30-31,36,39,45-47,53-54H,2,4,6,12-15,18,20,24-29,32-34H2,1,3H3/t36-,39+,45-,46+,47+,49+/m0/s1. The van der Waals surface area contributed by atoms with Crippen LogP contribution in [0.1, 0.15) is 87.8 Å². The van der Waals surface area contributed by atoms with Gasteiger partial charge in [-0.1, -0.05) is 85.6 Å². The summed E-state index contributed by atoms with van der Waals surface area (Å²) in [4.78, 5) is 22.0. The molecule has 0 aromatic heterocycles. The maximum absolute atomic E-state index is 14.7. The number of carbonyl (C=O) groups excluding carboxylic acids is 1. The molecule has 2 aliphatic carbocycles. The van der Waals surface area contributed by atoms with E-state index in [9.17, 15) is 19.4 Å². The molecule has 3 aromatic carbocycles. The highest BCUT2D eigenvalue weighted by atomic mass is 19.1. The van der Waals surface area contributed by atoms with Gasteiger partial charge in [-0.25, -0.2) is 9.18 Å². The SMILES string of the molecule is C=CCO[C@@]12Oc3ccc(OCc4ccccc4F)cc3[C@H]3[C@H](CCCCO)[C@@H](CCCCO)C=C(C(=NOCC)C[C@@H]1N(CCC)C(=O)OCCOCc1ccccc1)[C@H]32. The Morgan fingerprint density at radius 1 is 0.984 bits per heavy atom. The van der Waals surface area contributed by atoms with Crippen molar-refractivity contribution in [1.82, 2.24) is 4.90 Å². The van der Waals surface area contributed by atoms with E-state index in [1.165, 1.54) is 6.07 Å². The number of hydrogen-bond acceptors (Lipinski definition) is 10. The number of carbonyl (C=O) groups is 1. The average Bonchev–Trinajstić information content (AvgIpc) is 3.28. The van der Waals surface area contributed by atoms with Gasteiger partial charge in [0.15, 0.2) is 0 Å². The summed E-state index contributed by atoms with van der Waals surface area (Å²) < 4.78 is 47.1. The van der Waals surface area contributed by atoms with Gasteiger partial charge in [0.1, 0.15) is 43.2 Å². The second kappa shape index (κ2) is 22.9. The zero-order valence-corrected chi connectivity index (χ0v) is 35.7. The molecular weight excluding hydrogens is 780 g/mol. The van der Waals surface area contributed by atoms with Crippen LogP contribution < -0.4 is 9.47 Å². The van der Waals surface area contributed by atoms with Crippen molar-refractivity contribution in [2.75, 3.05) is 46.2 Å². The molecule has 0 saturated heterocycles. The lowest BCUT2D eigenvalue weighted by Crippen LogP contribution is -2.70. The number of benzene rings is 3. The molecule has 12 heteroatoms. The fraction of sp³-hybridized carbons (Fsp3) is 0.510. The lowest BCUT2D eigenvalue weighted by molar-refractivity contribution is -0.255. The van der Waals surface area contributed by atoms with E-state index in [0.29, 0.717) is 61.8 Å². The number of nitrogens with zero attached hydrogens (tertiary/aromatic N) is 2. The topological polar surface area (TPSA) is 129 Å². The Bertz CT molecular complexity index is 1920. The summed E-state index contributed by atoms with van der Waals surface area (Å²) in [5, 5.41) is 24.5. The van der Waals surface area contributed by atoms with E-state index in [1.54, 1.807) is 29.2 Å². The van der Waals surface area contributed by atoms with Crippen molar-refractivity contribution in [3.05, 3.63) is 120 Å². The number of aliphatic hydroxyl groups is 2. The first-order valence-corrected chi connectivity index (χ1v) is 22.0. The van der Waals surface area contributed by atoms with Gasteiger partial charge in [0.05, 0.1) is 31.5 Å². The number of halogens is 1. The van der Waals surface area contributed by atoms with E-state index in [0.717, 1.165) is 42.4 Å². The number of amides is 1. The third kappa shape index (κ3) is 11.0. The highest BCUT2D eigenvalue weighted by Gasteiger charge is 2.65. The molecule has 1 heterocycles. The first-order chi connectivity index (χ1) is 29.9. The van der Waals surface area contributed by atoms with Crippen LogP contribution in [0.5, 0.6) is 11.5 Å². The van der Waals surface area contributed by atoms with Crippen molar-refractivity contribution < 1.29 is 47.9 Å². The molecule has 1 amide bonds. The molecule has 330 valence electrons. The van der Waals surface area contributed by atoms with E-state index in [4.69, 9.17) is 33.7 Å². The van der Waals surface area contributed by atoms with Crippen molar-refractivity contribution in [1.29, 1.82) is 0 Å². The summed E-state index contributed by atoms with van der Waals surface area (Å²) in [6.45, 7) is 9.65. The average molecular weight is 843 g/mol. The number of rotatable bonds is 24. The fourth-order valence-corrected chi connectivity index (χ4v) is 9.31. The van der Waals surface area contributed by atoms with Crippen molar-refractivity contribution >= 4 is 11.8 Å². The number of allylic oxidation sites excluding steroid dienone is 1. The Balaban J connectivity index is 1.45. The molecule has 1 fully saturated rings. The van der Waals surface area contributed by atoms with Gasteiger partial charge in [-0.05, 0) is 86.3 Å². The van der Waals surface area contributed by atoms with E-state index in [2.05, 4.69) is 12.7 Å². The fourth-order valence-electron chi connectivity index (χ4n) is 9.31. The summed E-state index contributed by atoms with van der Waals surface area (Å²) in [6, 6.07) is 21.4. The highest BCUT2D eigenvalue weighted by Crippen LogP contribution is 2.62. The minimum absolute atomic E-state index is 0.0376. The molecule has 11 nitrogen and oxygen atoms in total. The smallest absolute Gasteiger partial charge is 0.410 e. The number of aliphatic hydroxyl groups excluding tert-OH is 2. The van der Waals surface area contributed by atoms with Crippen molar-refractivity contribution in [2.24, 2.45) is 22.9 Å². The molecule has 0 unspecified atom stereocenters. The quantitative estimate of drug-likeness (QED) is 0.0516. The van der Waals surface area contributed by atoms with Crippen molar-refractivity contribution in [3.63, 3.8) is 0 Å². The van der Waals surface area contributed by atoms with Gasteiger partial charge in [-0.3, -0.25) is 4.90 Å². The van der Waals surface area contributed by atoms with Gasteiger partial charge in [0.25, 0.3) is 0 Å². The number of unbranched alkanes of at least 4 members (excludes halogenated alkanes) is 2. The van der Waals surface area contributed by atoms with Crippen LogP contribution >= 0.6 is 0 Å². The van der Waals surface area contributed by atoms with E-state index in [1.807, 2.05) is 62.4 Å². The number of hydrogen-bond donors (Lipinski definition) is 2. The van der Waals surface area contributed by atoms with Crippen molar-refractivity contribution in [3.8, 4) is 11.5 Å². The highest BCUT2D eigenvalue weighted by molar-refractivity contribution is 6.03. The predicted molar refractivity (Wildman–Crippen MR) is 232 cm³/mol. The molecule has 61 heavy (non-hydrogen) atoms. The third-order valence-electron chi connectivity index (χ3n) is 11.9. The molecule has 0 spiro atoms. The lowest BCUT2D eigenvalue weighted by Gasteiger charge is -2.59. The Hall–Kier alpha value is -4.75. The van der Waals surface area contributed by atoms with Crippen LogP contribution in [0.15, 0.2) is 102 Å². The first kappa shape index (κ1) is 45.8. The van der Waals surface area contributed by atoms with Crippen LogP contribution in [0.4, 0.5) is 9.18 Å². The zero-order chi connectivity index (χ0) is 43.0. The normalized spacial score (nSPS) is 23.3. The maximum atomic E-state index is 14.7. The number of ether oxygens (including phenoxy) is 5. The van der Waals surface area contributed by atoms with Crippen LogP contribution in [-0.4, -0.2) is 84.9 Å². The van der Waals surface area contributed by atoms with Crippen molar-refractivity contribution in [2.45, 2.75) is 96.2 Å².